The average molecular weight is 269 g/mol. The first kappa shape index (κ1) is 12.8. The first-order chi connectivity index (χ1) is 9.65. The maximum Gasteiger partial charge on any atom is 0.141 e. The van der Waals surface area contributed by atoms with E-state index in [-0.39, 0.29) is 5.84 Å². The summed E-state index contributed by atoms with van der Waals surface area (Å²) in [7, 11) is 0. The van der Waals surface area contributed by atoms with E-state index in [0.29, 0.717) is 5.69 Å². The smallest absolute Gasteiger partial charge is 0.141 e. The normalized spacial score (nSPS) is 14.1. The molecule has 2 heterocycles. The Labute approximate surface area is 118 Å². The molecule has 0 spiro atoms. The maximum absolute atomic E-state index is 7.47. The summed E-state index contributed by atoms with van der Waals surface area (Å²) < 4.78 is 2.29. The fourth-order valence-corrected chi connectivity index (χ4v) is 2.85. The Bertz CT molecular complexity index is 656. The van der Waals surface area contributed by atoms with Crippen LogP contribution in [-0.4, -0.2) is 20.4 Å². The minimum Gasteiger partial charge on any atom is -0.382 e. The van der Waals surface area contributed by atoms with Gasteiger partial charge in [0, 0.05) is 18.4 Å². The molecule has 0 saturated heterocycles. The number of amidine groups is 1. The second kappa shape index (κ2) is 5.07. The number of pyridine rings is 1. The van der Waals surface area contributed by atoms with Gasteiger partial charge in [0.1, 0.15) is 17.4 Å². The highest BCUT2D eigenvalue weighted by Crippen LogP contribution is 2.23. The van der Waals surface area contributed by atoms with Crippen LogP contribution in [0.25, 0.3) is 0 Å². The minimum atomic E-state index is 0.0104. The molecule has 0 atom stereocenters. The van der Waals surface area contributed by atoms with E-state index in [9.17, 15) is 0 Å². The third kappa shape index (κ3) is 2.31. The average Bonchev–Trinajstić information content (AvgIpc) is 2.76. The van der Waals surface area contributed by atoms with Crippen LogP contribution in [0.15, 0.2) is 18.3 Å². The van der Waals surface area contributed by atoms with Crippen LogP contribution in [0.5, 0.6) is 0 Å². The zero-order valence-electron chi connectivity index (χ0n) is 11.7. The Morgan fingerprint density at radius 3 is 3.00 bits per heavy atom. The lowest BCUT2D eigenvalue weighted by Gasteiger charge is -2.15. The number of fused-ring (bicyclic) bond motifs is 1. The fourth-order valence-electron chi connectivity index (χ4n) is 2.85. The molecule has 0 aromatic carbocycles. The molecule has 104 valence electrons. The summed E-state index contributed by atoms with van der Waals surface area (Å²) in [5, 5.41) is 7.47. The Morgan fingerprint density at radius 2 is 2.20 bits per heavy atom. The molecular weight excluding hydrogens is 250 g/mol. The van der Waals surface area contributed by atoms with Gasteiger partial charge in [-0.1, -0.05) is 0 Å². The third-order valence-electron chi connectivity index (χ3n) is 3.86. The van der Waals surface area contributed by atoms with Gasteiger partial charge in [-0.3, -0.25) is 10.4 Å². The van der Waals surface area contributed by atoms with E-state index in [1.54, 1.807) is 6.20 Å². The predicted octanol–water partition coefficient (Wildman–Crippen LogP) is 1.80. The van der Waals surface area contributed by atoms with Crippen molar-refractivity contribution in [3.8, 4) is 0 Å². The number of aromatic nitrogens is 3. The van der Waals surface area contributed by atoms with Crippen LogP contribution in [-0.2, 0) is 19.4 Å². The highest BCUT2D eigenvalue weighted by Gasteiger charge is 2.18. The van der Waals surface area contributed by atoms with Crippen molar-refractivity contribution in [3.05, 3.63) is 46.8 Å². The Hall–Kier alpha value is -2.17. The summed E-state index contributed by atoms with van der Waals surface area (Å²) in [6, 6.07) is 3.86. The molecule has 0 radical (unpaired) electrons. The van der Waals surface area contributed by atoms with E-state index in [1.165, 1.54) is 24.2 Å². The van der Waals surface area contributed by atoms with Gasteiger partial charge in [0.2, 0.25) is 0 Å². The Kier molecular flexibility index (Phi) is 3.26. The molecule has 1 aliphatic carbocycles. The molecule has 20 heavy (non-hydrogen) atoms. The van der Waals surface area contributed by atoms with Crippen molar-refractivity contribution in [1.82, 2.24) is 14.5 Å². The van der Waals surface area contributed by atoms with Gasteiger partial charge in [-0.15, -0.1) is 0 Å². The van der Waals surface area contributed by atoms with Gasteiger partial charge in [0.15, 0.2) is 0 Å². The van der Waals surface area contributed by atoms with E-state index in [2.05, 4.69) is 21.5 Å². The van der Waals surface area contributed by atoms with Crippen LogP contribution in [0.3, 0.4) is 0 Å². The topological polar surface area (TPSA) is 80.6 Å². The number of nitrogens with two attached hydrogens (primary N) is 1. The van der Waals surface area contributed by atoms with Gasteiger partial charge in [-0.05, 0) is 50.3 Å². The standard InChI is InChI=1S/C15H19N5/c1-10-19-12-4-2-3-5-14(12)20(10)9-11-6-7-18-13(8-11)15(16)17/h6-8H,2-5,9H2,1H3,(H3,16,17). The highest BCUT2D eigenvalue weighted by atomic mass is 15.1. The SMILES string of the molecule is Cc1nc2c(n1Cc1ccnc(C(=N)N)c1)CCCC2. The lowest BCUT2D eigenvalue weighted by molar-refractivity contribution is 0.624. The summed E-state index contributed by atoms with van der Waals surface area (Å²) in [6.45, 7) is 2.84. The molecule has 0 amide bonds. The van der Waals surface area contributed by atoms with Crippen molar-refractivity contribution in [2.24, 2.45) is 5.73 Å². The molecular formula is C15H19N5. The van der Waals surface area contributed by atoms with Crippen molar-refractivity contribution in [2.45, 2.75) is 39.2 Å². The number of imidazole rings is 1. The maximum atomic E-state index is 7.47. The Balaban J connectivity index is 1.93. The molecule has 0 fully saturated rings. The molecule has 3 rings (SSSR count). The van der Waals surface area contributed by atoms with Crippen molar-refractivity contribution < 1.29 is 0 Å². The summed E-state index contributed by atoms with van der Waals surface area (Å²) >= 11 is 0. The van der Waals surface area contributed by atoms with Crippen LogP contribution in [0.2, 0.25) is 0 Å². The van der Waals surface area contributed by atoms with Crippen LogP contribution in [0.1, 0.15) is 41.3 Å². The number of aryl methyl sites for hydroxylation is 2. The van der Waals surface area contributed by atoms with Gasteiger partial charge in [-0.2, -0.15) is 0 Å². The van der Waals surface area contributed by atoms with Crippen molar-refractivity contribution in [2.75, 3.05) is 0 Å². The molecule has 5 nitrogen and oxygen atoms in total. The third-order valence-corrected chi connectivity index (χ3v) is 3.86. The zero-order valence-corrected chi connectivity index (χ0v) is 11.7. The second-order valence-electron chi connectivity index (χ2n) is 5.31. The van der Waals surface area contributed by atoms with E-state index < -0.39 is 0 Å². The number of hydrogen-bond donors (Lipinski definition) is 2. The molecule has 0 bridgehead atoms. The Morgan fingerprint density at radius 1 is 1.40 bits per heavy atom. The summed E-state index contributed by atoms with van der Waals surface area (Å²) in [5.74, 6) is 1.08. The second-order valence-corrected chi connectivity index (χ2v) is 5.31. The van der Waals surface area contributed by atoms with Gasteiger partial charge >= 0.3 is 0 Å². The quantitative estimate of drug-likeness (QED) is 0.658. The molecule has 2 aromatic heterocycles. The lowest BCUT2D eigenvalue weighted by Crippen LogP contribution is -2.14. The minimum absolute atomic E-state index is 0.0104. The fraction of sp³-hybridized carbons (Fsp3) is 0.400. The van der Waals surface area contributed by atoms with Crippen LogP contribution in [0.4, 0.5) is 0 Å². The van der Waals surface area contributed by atoms with Gasteiger partial charge < -0.3 is 10.3 Å². The highest BCUT2D eigenvalue weighted by molar-refractivity contribution is 5.93. The first-order valence-electron chi connectivity index (χ1n) is 6.99. The molecule has 2 aromatic rings. The number of rotatable bonds is 3. The predicted molar refractivity (Wildman–Crippen MR) is 78.0 cm³/mol. The molecule has 5 heteroatoms. The zero-order chi connectivity index (χ0) is 14.1. The number of nitrogen functional groups attached to an aromatic ring is 1. The van der Waals surface area contributed by atoms with E-state index in [0.717, 1.165) is 30.8 Å². The van der Waals surface area contributed by atoms with Crippen LogP contribution < -0.4 is 5.73 Å². The molecule has 3 N–H and O–H groups in total. The monoisotopic (exact) mass is 269 g/mol. The van der Waals surface area contributed by atoms with Crippen molar-refractivity contribution >= 4 is 5.84 Å². The van der Waals surface area contributed by atoms with E-state index >= 15 is 0 Å². The lowest BCUT2D eigenvalue weighted by atomic mass is 10.0. The molecule has 0 saturated carbocycles. The molecule has 1 aliphatic rings. The summed E-state index contributed by atoms with van der Waals surface area (Å²) in [5.41, 5.74) is 9.77. The number of nitrogens with zero attached hydrogens (tertiary/aromatic N) is 3. The number of nitrogens with one attached hydrogen (secondary N) is 1. The van der Waals surface area contributed by atoms with E-state index in [4.69, 9.17) is 11.1 Å². The summed E-state index contributed by atoms with van der Waals surface area (Å²) in [4.78, 5) is 8.79. The van der Waals surface area contributed by atoms with Crippen LogP contribution in [0, 0.1) is 12.3 Å². The summed E-state index contributed by atoms with van der Waals surface area (Å²) in [6.07, 6.45) is 6.41. The largest absolute Gasteiger partial charge is 0.382 e. The molecule has 0 unspecified atom stereocenters. The first-order valence-corrected chi connectivity index (χ1v) is 6.99. The van der Waals surface area contributed by atoms with E-state index in [1.807, 2.05) is 12.1 Å². The molecule has 0 aliphatic heterocycles. The van der Waals surface area contributed by atoms with Crippen molar-refractivity contribution in [3.63, 3.8) is 0 Å². The van der Waals surface area contributed by atoms with Crippen LogP contribution >= 0.6 is 0 Å². The van der Waals surface area contributed by atoms with Gasteiger partial charge in [0.25, 0.3) is 0 Å². The van der Waals surface area contributed by atoms with Gasteiger partial charge in [-0.25, -0.2) is 4.98 Å². The van der Waals surface area contributed by atoms with Crippen molar-refractivity contribution in [1.29, 1.82) is 5.41 Å². The van der Waals surface area contributed by atoms with Gasteiger partial charge in [0.05, 0.1) is 5.69 Å². The number of hydrogen-bond acceptors (Lipinski definition) is 3.